The van der Waals surface area contributed by atoms with E-state index in [4.69, 9.17) is 58.0 Å². The van der Waals surface area contributed by atoms with Gasteiger partial charge in [-0.05, 0) is 17.7 Å². The van der Waals surface area contributed by atoms with Gasteiger partial charge in [-0.2, -0.15) is 0 Å². The Morgan fingerprint density at radius 1 is 0.700 bits per heavy atom. The monoisotopic (exact) mass is 363 g/mol. The van der Waals surface area contributed by atoms with Gasteiger partial charge in [0.15, 0.2) is 0 Å². The Kier molecular flexibility index (Phi) is 3.83. The molecule has 0 radical (unpaired) electrons. The number of hydrogen-bond donors (Lipinski definition) is 1. The second kappa shape index (κ2) is 5.32. The summed E-state index contributed by atoms with van der Waals surface area (Å²) in [5, 5.41) is 2.12. The average Bonchev–Trinajstić information content (AvgIpc) is 2.92. The van der Waals surface area contributed by atoms with Gasteiger partial charge >= 0.3 is 0 Å². The number of halogens is 5. The van der Waals surface area contributed by atoms with Crippen molar-refractivity contribution in [1.29, 1.82) is 0 Å². The number of hydrogen-bond acceptors (Lipinski definition) is 0. The summed E-state index contributed by atoms with van der Waals surface area (Å²) in [5.41, 5.74) is 2.40. The zero-order valence-electron chi connectivity index (χ0n) is 9.78. The van der Waals surface area contributed by atoms with Gasteiger partial charge in [0, 0.05) is 22.7 Å². The lowest BCUT2D eigenvalue weighted by molar-refractivity contribution is 1.48. The lowest BCUT2D eigenvalue weighted by Gasteiger charge is -2.13. The first kappa shape index (κ1) is 14.4. The van der Waals surface area contributed by atoms with Gasteiger partial charge in [-0.15, -0.1) is 0 Å². The minimum Gasteiger partial charge on any atom is -0.361 e. The summed E-state index contributed by atoms with van der Waals surface area (Å²) in [6.07, 6.45) is 1.84. The number of fused-ring (bicyclic) bond motifs is 1. The molecule has 0 aliphatic rings. The number of benzene rings is 2. The first-order valence-electron chi connectivity index (χ1n) is 5.60. The second-order valence-electron chi connectivity index (χ2n) is 4.19. The van der Waals surface area contributed by atoms with Gasteiger partial charge < -0.3 is 4.98 Å². The zero-order chi connectivity index (χ0) is 14.4. The Bertz CT molecular complexity index is 793. The maximum absolute atomic E-state index is 6.31. The minimum absolute atomic E-state index is 0.160. The Morgan fingerprint density at radius 2 is 1.30 bits per heavy atom. The summed E-state index contributed by atoms with van der Waals surface area (Å²) in [6, 6.07) is 7.70. The van der Waals surface area contributed by atoms with Crippen molar-refractivity contribution >= 4 is 68.9 Å². The molecule has 0 atom stereocenters. The molecule has 3 aromatic rings. The maximum atomic E-state index is 6.31. The molecular weight excluding hydrogens is 359 g/mol. The highest BCUT2D eigenvalue weighted by Crippen LogP contribution is 2.49. The molecule has 0 amide bonds. The zero-order valence-corrected chi connectivity index (χ0v) is 13.6. The SMILES string of the molecule is Clc1c(Cl)c(Cl)c(-c2cccc3[nH]ccc23)c(Cl)c1Cl. The van der Waals surface area contributed by atoms with E-state index in [1.807, 2.05) is 30.5 Å². The lowest BCUT2D eigenvalue weighted by Crippen LogP contribution is -1.87. The minimum atomic E-state index is 0.160. The van der Waals surface area contributed by atoms with Crippen molar-refractivity contribution in [2.45, 2.75) is 0 Å². The van der Waals surface area contributed by atoms with Crippen LogP contribution in [0.1, 0.15) is 0 Å². The van der Waals surface area contributed by atoms with Crippen LogP contribution in [0.3, 0.4) is 0 Å². The van der Waals surface area contributed by atoms with Gasteiger partial charge in [0.05, 0.1) is 25.1 Å². The first-order chi connectivity index (χ1) is 9.52. The molecule has 0 aliphatic carbocycles. The Labute approximate surface area is 140 Å². The highest BCUT2D eigenvalue weighted by atomic mass is 35.5. The number of aromatic nitrogens is 1. The molecule has 2 aromatic carbocycles. The summed E-state index contributed by atoms with van der Waals surface area (Å²) in [4.78, 5) is 3.13. The molecule has 0 fully saturated rings. The van der Waals surface area contributed by atoms with Crippen LogP contribution in [0.15, 0.2) is 30.5 Å². The van der Waals surface area contributed by atoms with Gasteiger partial charge in [0.1, 0.15) is 0 Å². The molecule has 0 saturated heterocycles. The van der Waals surface area contributed by atoms with E-state index < -0.39 is 0 Å². The summed E-state index contributed by atoms with van der Waals surface area (Å²) >= 11 is 30.9. The van der Waals surface area contributed by atoms with Crippen LogP contribution in [-0.2, 0) is 0 Å². The molecule has 1 aromatic heterocycles. The van der Waals surface area contributed by atoms with E-state index in [0.29, 0.717) is 15.6 Å². The van der Waals surface area contributed by atoms with Crippen LogP contribution in [0.5, 0.6) is 0 Å². The predicted octanol–water partition coefficient (Wildman–Crippen LogP) is 7.10. The van der Waals surface area contributed by atoms with Crippen molar-refractivity contribution in [2.75, 3.05) is 0 Å². The van der Waals surface area contributed by atoms with Crippen LogP contribution in [0.4, 0.5) is 0 Å². The van der Waals surface area contributed by atoms with Crippen molar-refractivity contribution < 1.29 is 0 Å². The van der Waals surface area contributed by atoms with Crippen LogP contribution in [-0.4, -0.2) is 4.98 Å². The van der Waals surface area contributed by atoms with E-state index in [1.54, 1.807) is 0 Å². The smallest absolute Gasteiger partial charge is 0.0809 e. The van der Waals surface area contributed by atoms with Crippen molar-refractivity contribution in [2.24, 2.45) is 0 Å². The highest BCUT2D eigenvalue weighted by Gasteiger charge is 2.21. The van der Waals surface area contributed by atoms with Gasteiger partial charge in [-0.1, -0.05) is 70.1 Å². The second-order valence-corrected chi connectivity index (χ2v) is 6.08. The summed E-state index contributed by atoms with van der Waals surface area (Å²) in [5.74, 6) is 0. The molecule has 0 aliphatic heterocycles. The molecule has 0 unspecified atom stereocenters. The van der Waals surface area contributed by atoms with Gasteiger partial charge in [0.25, 0.3) is 0 Å². The van der Waals surface area contributed by atoms with E-state index in [9.17, 15) is 0 Å². The molecule has 102 valence electrons. The molecule has 0 saturated carbocycles. The topological polar surface area (TPSA) is 15.8 Å². The summed E-state index contributed by atoms with van der Waals surface area (Å²) in [7, 11) is 0. The molecule has 1 N–H and O–H groups in total. The molecule has 0 spiro atoms. The standard InChI is InChI=1S/C14H6Cl5N/c15-10-9(11(16)13(18)14(19)12(10)17)7-2-1-3-8-6(7)4-5-20-8/h1-5,20H. The molecule has 20 heavy (non-hydrogen) atoms. The van der Waals surface area contributed by atoms with Gasteiger partial charge in [-0.3, -0.25) is 0 Å². The number of aromatic amines is 1. The largest absolute Gasteiger partial charge is 0.361 e. The van der Waals surface area contributed by atoms with E-state index in [2.05, 4.69) is 4.98 Å². The van der Waals surface area contributed by atoms with Gasteiger partial charge in [0.2, 0.25) is 0 Å². The Morgan fingerprint density at radius 3 is 1.95 bits per heavy atom. The third-order valence-electron chi connectivity index (χ3n) is 3.07. The Hall–Kier alpha value is -0.570. The first-order valence-corrected chi connectivity index (χ1v) is 7.49. The molecule has 0 bridgehead atoms. The third-order valence-corrected chi connectivity index (χ3v) is 5.35. The maximum Gasteiger partial charge on any atom is 0.0809 e. The normalized spacial score (nSPS) is 11.2. The van der Waals surface area contributed by atoms with Crippen LogP contribution in [0, 0.1) is 0 Å². The fraction of sp³-hybridized carbons (Fsp3) is 0. The fourth-order valence-corrected chi connectivity index (χ4v) is 3.49. The third kappa shape index (κ3) is 2.09. The van der Waals surface area contributed by atoms with Crippen molar-refractivity contribution in [3.05, 3.63) is 55.6 Å². The van der Waals surface area contributed by atoms with Crippen molar-refractivity contribution in [1.82, 2.24) is 4.98 Å². The highest BCUT2D eigenvalue weighted by molar-refractivity contribution is 6.56. The quantitative estimate of drug-likeness (QED) is 0.349. The molecule has 1 heterocycles. The molecule has 1 nitrogen and oxygen atoms in total. The van der Waals surface area contributed by atoms with E-state index in [0.717, 1.165) is 16.5 Å². The van der Waals surface area contributed by atoms with Crippen molar-refractivity contribution in [3.63, 3.8) is 0 Å². The van der Waals surface area contributed by atoms with E-state index >= 15 is 0 Å². The van der Waals surface area contributed by atoms with Crippen LogP contribution in [0.25, 0.3) is 22.0 Å². The van der Waals surface area contributed by atoms with Crippen molar-refractivity contribution in [3.8, 4) is 11.1 Å². The van der Waals surface area contributed by atoms with Crippen LogP contribution in [0.2, 0.25) is 25.1 Å². The van der Waals surface area contributed by atoms with Gasteiger partial charge in [-0.25, -0.2) is 0 Å². The summed E-state index contributed by atoms with van der Waals surface area (Å²) in [6.45, 7) is 0. The average molecular weight is 365 g/mol. The lowest BCUT2D eigenvalue weighted by atomic mass is 10.0. The molecule has 3 rings (SSSR count). The number of H-pyrrole nitrogens is 1. The Balaban J connectivity index is 2.44. The molecular formula is C14H6Cl5N. The fourth-order valence-electron chi connectivity index (χ4n) is 2.14. The number of nitrogens with one attached hydrogen (secondary N) is 1. The van der Waals surface area contributed by atoms with Crippen LogP contribution >= 0.6 is 58.0 Å². The van der Waals surface area contributed by atoms with E-state index in [1.165, 1.54) is 0 Å². The van der Waals surface area contributed by atoms with Crippen LogP contribution < -0.4 is 0 Å². The summed E-state index contributed by atoms with van der Waals surface area (Å²) < 4.78 is 0. The molecule has 6 heteroatoms. The predicted molar refractivity (Wildman–Crippen MR) is 88.8 cm³/mol. The number of rotatable bonds is 1. The van der Waals surface area contributed by atoms with E-state index in [-0.39, 0.29) is 15.1 Å².